The highest BCUT2D eigenvalue weighted by Gasteiger charge is 2.15. The smallest absolute Gasteiger partial charge is 0.00105 e. The second kappa shape index (κ2) is 9.67. The van der Waals surface area contributed by atoms with Gasteiger partial charge in [0.15, 0.2) is 0 Å². The van der Waals surface area contributed by atoms with Crippen molar-refractivity contribution in [2.24, 2.45) is 5.92 Å². The lowest BCUT2D eigenvalue weighted by molar-refractivity contribution is 0.210. The molecule has 17 heavy (non-hydrogen) atoms. The highest BCUT2D eigenvalue weighted by Crippen LogP contribution is 2.14. The van der Waals surface area contributed by atoms with Crippen LogP contribution in [0, 0.1) is 5.92 Å². The van der Waals surface area contributed by atoms with Crippen molar-refractivity contribution in [3.63, 3.8) is 0 Å². The van der Waals surface area contributed by atoms with Gasteiger partial charge in [0, 0.05) is 6.54 Å². The van der Waals surface area contributed by atoms with Crippen LogP contribution in [0.1, 0.15) is 45.4 Å². The number of nitrogens with zero attached hydrogens (tertiary/aromatic N) is 1. The van der Waals surface area contributed by atoms with Crippen molar-refractivity contribution in [2.45, 2.75) is 45.4 Å². The molecule has 100 valence electrons. The molecule has 0 aromatic carbocycles. The van der Waals surface area contributed by atoms with Gasteiger partial charge in [0.1, 0.15) is 0 Å². The van der Waals surface area contributed by atoms with Gasteiger partial charge in [-0.3, -0.25) is 0 Å². The lowest BCUT2D eigenvalue weighted by Crippen LogP contribution is -2.36. The van der Waals surface area contributed by atoms with Crippen molar-refractivity contribution in [3.05, 3.63) is 12.7 Å². The molecule has 1 N–H and O–H groups in total. The minimum Gasteiger partial charge on any atom is -0.317 e. The van der Waals surface area contributed by atoms with Gasteiger partial charge in [-0.2, -0.15) is 0 Å². The first-order chi connectivity index (χ1) is 8.36. The zero-order chi connectivity index (χ0) is 12.3. The summed E-state index contributed by atoms with van der Waals surface area (Å²) in [6, 6.07) is 0. The second-order valence-corrected chi connectivity index (χ2v) is 5.22. The third kappa shape index (κ3) is 6.85. The van der Waals surface area contributed by atoms with E-state index >= 15 is 0 Å². The summed E-state index contributed by atoms with van der Waals surface area (Å²) in [7, 11) is 0. The van der Waals surface area contributed by atoms with Crippen molar-refractivity contribution in [1.29, 1.82) is 0 Å². The van der Waals surface area contributed by atoms with Crippen LogP contribution in [0.3, 0.4) is 0 Å². The summed E-state index contributed by atoms with van der Waals surface area (Å²) in [4.78, 5) is 2.64. The van der Waals surface area contributed by atoms with E-state index in [0.717, 1.165) is 5.92 Å². The SMILES string of the molecule is C=CCCCCCN(CC)CC1CCNCC1. The topological polar surface area (TPSA) is 15.3 Å². The van der Waals surface area contributed by atoms with E-state index in [0.29, 0.717) is 0 Å². The Morgan fingerprint density at radius 3 is 2.65 bits per heavy atom. The first-order valence-electron chi connectivity index (χ1n) is 7.40. The Morgan fingerprint density at radius 2 is 2.00 bits per heavy atom. The third-order valence-corrected chi connectivity index (χ3v) is 3.80. The molecule has 0 saturated carbocycles. The summed E-state index contributed by atoms with van der Waals surface area (Å²) >= 11 is 0. The van der Waals surface area contributed by atoms with Crippen molar-refractivity contribution in [2.75, 3.05) is 32.7 Å². The fourth-order valence-corrected chi connectivity index (χ4v) is 2.61. The van der Waals surface area contributed by atoms with E-state index in [1.807, 2.05) is 6.08 Å². The van der Waals surface area contributed by atoms with Crippen LogP contribution in [-0.4, -0.2) is 37.6 Å². The van der Waals surface area contributed by atoms with Gasteiger partial charge < -0.3 is 10.2 Å². The predicted molar refractivity (Wildman–Crippen MR) is 76.4 cm³/mol. The maximum absolute atomic E-state index is 3.77. The summed E-state index contributed by atoms with van der Waals surface area (Å²) in [6.45, 7) is 12.3. The maximum atomic E-state index is 3.77. The highest BCUT2D eigenvalue weighted by atomic mass is 15.1. The molecule has 0 amide bonds. The fraction of sp³-hybridized carbons (Fsp3) is 0.867. The van der Waals surface area contributed by atoms with E-state index in [4.69, 9.17) is 0 Å². The van der Waals surface area contributed by atoms with Crippen LogP contribution in [0.15, 0.2) is 12.7 Å². The quantitative estimate of drug-likeness (QED) is 0.490. The summed E-state index contributed by atoms with van der Waals surface area (Å²) in [5.41, 5.74) is 0. The number of nitrogens with one attached hydrogen (secondary N) is 1. The van der Waals surface area contributed by atoms with E-state index < -0.39 is 0 Å². The molecule has 0 aromatic heterocycles. The average Bonchev–Trinajstić information content (AvgIpc) is 2.38. The first kappa shape index (κ1) is 14.7. The zero-order valence-corrected chi connectivity index (χ0v) is 11.6. The number of unbranched alkanes of at least 4 members (excludes halogenated alkanes) is 3. The molecular formula is C15H30N2. The molecule has 1 fully saturated rings. The van der Waals surface area contributed by atoms with Gasteiger partial charge in [-0.1, -0.05) is 19.4 Å². The first-order valence-corrected chi connectivity index (χ1v) is 7.40. The largest absolute Gasteiger partial charge is 0.317 e. The molecule has 0 bridgehead atoms. The molecule has 0 radical (unpaired) electrons. The van der Waals surface area contributed by atoms with Crippen LogP contribution in [0.2, 0.25) is 0 Å². The van der Waals surface area contributed by atoms with Crippen molar-refractivity contribution in [1.82, 2.24) is 10.2 Å². The van der Waals surface area contributed by atoms with Gasteiger partial charge in [-0.25, -0.2) is 0 Å². The molecule has 1 rings (SSSR count). The highest BCUT2D eigenvalue weighted by molar-refractivity contribution is 4.72. The number of hydrogen-bond donors (Lipinski definition) is 1. The molecule has 1 heterocycles. The van der Waals surface area contributed by atoms with E-state index in [-0.39, 0.29) is 0 Å². The van der Waals surface area contributed by atoms with Gasteiger partial charge in [0.2, 0.25) is 0 Å². The Balaban J connectivity index is 2.07. The fourth-order valence-electron chi connectivity index (χ4n) is 2.61. The summed E-state index contributed by atoms with van der Waals surface area (Å²) in [5.74, 6) is 0.935. The number of hydrogen-bond acceptors (Lipinski definition) is 2. The van der Waals surface area contributed by atoms with E-state index in [2.05, 4.69) is 23.7 Å². The van der Waals surface area contributed by atoms with Crippen LogP contribution in [0.4, 0.5) is 0 Å². The molecule has 0 aromatic rings. The van der Waals surface area contributed by atoms with Crippen LogP contribution in [0.25, 0.3) is 0 Å². The van der Waals surface area contributed by atoms with Crippen LogP contribution >= 0.6 is 0 Å². The number of allylic oxidation sites excluding steroid dienone is 1. The zero-order valence-electron chi connectivity index (χ0n) is 11.6. The maximum Gasteiger partial charge on any atom is 0.00105 e. The molecule has 0 unspecified atom stereocenters. The Kier molecular flexibility index (Phi) is 8.37. The molecule has 1 aliphatic heterocycles. The summed E-state index contributed by atoms with van der Waals surface area (Å²) in [6.07, 6.45) is 9.97. The lowest BCUT2D eigenvalue weighted by atomic mass is 9.97. The van der Waals surface area contributed by atoms with E-state index in [1.165, 1.54) is 71.2 Å². The van der Waals surface area contributed by atoms with Gasteiger partial charge >= 0.3 is 0 Å². The second-order valence-electron chi connectivity index (χ2n) is 5.22. The van der Waals surface area contributed by atoms with E-state index in [9.17, 15) is 0 Å². The molecular weight excluding hydrogens is 208 g/mol. The van der Waals surface area contributed by atoms with Gasteiger partial charge in [-0.15, -0.1) is 6.58 Å². The summed E-state index contributed by atoms with van der Waals surface area (Å²) in [5, 5.41) is 3.44. The number of piperidine rings is 1. The molecule has 0 spiro atoms. The minimum absolute atomic E-state index is 0.935. The third-order valence-electron chi connectivity index (χ3n) is 3.80. The van der Waals surface area contributed by atoms with Crippen molar-refractivity contribution >= 4 is 0 Å². The van der Waals surface area contributed by atoms with Crippen LogP contribution in [-0.2, 0) is 0 Å². The number of rotatable bonds is 9. The van der Waals surface area contributed by atoms with Crippen LogP contribution in [0.5, 0.6) is 0 Å². The van der Waals surface area contributed by atoms with E-state index in [1.54, 1.807) is 0 Å². The monoisotopic (exact) mass is 238 g/mol. The van der Waals surface area contributed by atoms with Crippen molar-refractivity contribution < 1.29 is 0 Å². The van der Waals surface area contributed by atoms with Crippen molar-refractivity contribution in [3.8, 4) is 0 Å². The van der Waals surface area contributed by atoms with Gasteiger partial charge in [-0.05, 0) is 64.2 Å². The Labute approximate surface area is 107 Å². The van der Waals surface area contributed by atoms with Gasteiger partial charge in [0.25, 0.3) is 0 Å². The molecule has 1 aliphatic rings. The molecule has 1 saturated heterocycles. The van der Waals surface area contributed by atoms with Crippen LogP contribution < -0.4 is 5.32 Å². The lowest BCUT2D eigenvalue weighted by Gasteiger charge is -2.29. The molecule has 0 atom stereocenters. The normalized spacial score (nSPS) is 17.5. The molecule has 0 aliphatic carbocycles. The minimum atomic E-state index is 0.935. The predicted octanol–water partition coefficient (Wildman–Crippen LogP) is 3.05. The average molecular weight is 238 g/mol. The summed E-state index contributed by atoms with van der Waals surface area (Å²) < 4.78 is 0. The van der Waals surface area contributed by atoms with Gasteiger partial charge in [0.05, 0.1) is 0 Å². The Hall–Kier alpha value is -0.340. The Morgan fingerprint density at radius 1 is 1.24 bits per heavy atom. The molecule has 2 heteroatoms. The Bertz CT molecular complexity index is 185. The standard InChI is InChI=1S/C15H30N2/c1-3-5-6-7-8-13-17(4-2)14-15-9-11-16-12-10-15/h3,15-16H,1,4-14H2,2H3. The molecule has 2 nitrogen and oxygen atoms in total.